The standard InChI is InChI=1S/C42H47N5O6Si/c1-28-39(54(4,5)35-20-18-34(52-3)19-21-35)38(22-24-46-27-32(23-25-48)44-45-46)53-42(28)36-8-6-7-9-37(36)47(41(42)50)26-29-10-14-31(15-11-29)43-40(49)30-12-16-33(51-2)17-13-30/h6-21,27-28,38-39,48H,22-26H2,1-5H3,(H,43,49)/t28-,38+,39-,42+/m0/s1. The largest absolute Gasteiger partial charge is 0.497 e. The molecule has 1 saturated heterocycles. The van der Waals surface area contributed by atoms with E-state index in [-0.39, 0.29) is 36.0 Å². The molecule has 4 aromatic carbocycles. The molecule has 0 bridgehead atoms. The maximum Gasteiger partial charge on any atom is 0.264 e. The highest BCUT2D eigenvalue weighted by molar-refractivity contribution is 6.91. The first-order chi connectivity index (χ1) is 26.1. The topological polar surface area (TPSA) is 128 Å². The average Bonchev–Trinajstić information content (AvgIpc) is 3.84. The van der Waals surface area contributed by atoms with Crippen LogP contribution in [0.4, 0.5) is 11.4 Å². The molecular weight excluding hydrogens is 699 g/mol. The SMILES string of the molecule is COc1ccc(C(=O)Nc2ccc(CN3C(=O)[C@]4(O[C@H](CCn5cc(CCO)nn5)[C@@H]([Si](C)(C)c5ccc(OC)cc5)[C@@H]4C)c4ccccc43)cc2)cc1. The van der Waals surface area contributed by atoms with Gasteiger partial charge in [-0.15, -0.1) is 5.10 Å². The summed E-state index contributed by atoms with van der Waals surface area (Å²) in [4.78, 5) is 29.8. The summed E-state index contributed by atoms with van der Waals surface area (Å²) in [6, 6.07) is 30.9. The molecule has 0 aliphatic carbocycles. The molecule has 1 fully saturated rings. The van der Waals surface area contributed by atoms with Crippen molar-refractivity contribution in [3.63, 3.8) is 0 Å². The lowest BCUT2D eigenvalue weighted by Gasteiger charge is -2.37. The van der Waals surface area contributed by atoms with E-state index in [2.05, 4.69) is 47.8 Å². The number of rotatable bonds is 13. The number of hydrogen-bond donors (Lipinski definition) is 2. The summed E-state index contributed by atoms with van der Waals surface area (Å²) in [6.45, 7) is 7.86. The van der Waals surface area contributed by atoms with Gasteiger partial charge in [0, 0.05) is 48.5 Å². The van der Waals surface area contributed by atoms with Crippen LogP contribution >= 0.6 is 0 Å². The van der Waals surface area contributed by atoms with Crippen molar-refractivity contribution >= 4 is 36.4 Å². The highest BCUT2D eigenvalue weighted by Gasteiger charge is 2.66. The summed E-state index contributed by atoms with van der Waals surface area (Å²) in [5, 5.41) is 22.2. The third kappa shape index (κ3) is 6.81. The van der Waals surface area contributed by atoms with Crippen LogP contribution in [0.1, 0.15) is 40.5 Å². The predicted molar refractivity (Wildman–Crippen MR) is 210 cm³/mol. The van der Waals surface area contributed by atoms with E-state index >= 15 is 4.79 Å². The molecule has 0 unspecified atom stereocenters. The van der Waals surface area contributed by atoms with Crippen LogP contribution in [0.25, 0.3) is 0 Å². The number of aryl methyl sites for hydroxylation is 1. The smallest absolute Gasteiger partial charge is 0.264 e. The first kappa shape index (κ1) is 37.0. The molecule has 3 heterocycles. The number of aromatic nitrogens is 3. The molecule has 2 aliphatic heterocycles. The lowest BCUT2D eigenvalue weighted by atomic mass is 9.82. The van der Waals surface area contributed by atoms with Crippen molar-refractivity contribution in [3.05, 3.63) is 126 Å². The number of hydrogen-bond acceptors (Lipinski definition) is 8. The van der Waals surface area contributed by atoms with Gasteiger partial charge in [-0.25, -0.2) is 0 Å². The van der Waals surface area contributed by atoms with Crippen molar-refractivity contribution in [2.75, 3.05) is 31.0 Å². The minimum Gasteiger partial charge on any atom is -0.497 e. The Morgan fingerprint density at radius 1 is 0.944 bits per heavy atom. The second-order valence-electron chi connectivity index (χ2n) is 14.7. The first-order valence-corrected chi connectivity index (χ1v) is 21.4. The molecule has 1 aromatic heterocycles. The average molecular weight is 746 g/mol. The summed E-state index contributed by atoms with van der Waals surface area (Å²) in [6.07, 6.45) is 2.73. The van der Waals surface area contributed by atoms with E-state index in [1.54, 1.807) is 38.5 Å². The summed E-state index contributed by atoms with van der Waals surface area (Å²) < 4.78 is 19.7. The van der Waals surface area contributed by atoms with Crippen LogP contribution < -0.4 is 24.9 Å². The van der Waals surface area contributed by atoms with Crippen molar-refractivity contribution in [1.82, 2.24) is 15.0 Å². The second kappa shape index (κ2) is 15.2. The van der Waals surface area contributed by atoms with E-state index in [1.165, 1.54) is 5.19 Å². The number of aliphatic hydroxyl groups excluding tert-OH is 1. The van der Waals surface area contributed by atoms with Gasteiger partial charge in [-0.1, -0.05) is 72.9 Å². The Hall–Kier alpha value is -5.30. The van der Waals surface area contributed by atoms with E-state index in [0.29, 0.717) is 42.9 Å². The number of anilines is 2. The molecule has 7 rings (SSSR count). The van der Waals surface area contributed by atoms with Gasteiger partial charge in [0.2, 0.25) is 0 Å². The molecule has 0 radical (unpaired) electrons. The monoisotopic (exact) mass is 745 g/mol. The number of aliphatic hydroxyl groups is 1. The molecule has 5 aromatic rings. The fraction of sp³-hybridized carbons (Fsp3) is 0.333. The van der Waals surface area contributed by atoms with Gasteiger partial charge in [-0.05, 0) is 72.1 Å². The number of carbonyl (C=O) groups is 2. The van der Waals surface area contributed by atoms with Crippen molar-refractivity contribution in [2.24, 2.45) is 5.92 Å². The molecule has 12 heteroatoms. The Bertz CT molecular complexity index is 2100. The number of ether oxygens (including phenoxy) is 3. The number of para-hydroxylation sites is 1. The highest BCUT2D eigenvalue weighted by atomic mass is 28.3. The molecule has 11 nitrogen and oxygen atoms in total. The molecule has 2 N–H and O–H groups in total. The number of fused-ring (bicyclic) bond motifs is 2. The zero-order chi connectivity index (χ0) is 38.0. The molecule has 1 spiro atoms. The highest BCUT2D eigenvalue weighted by Crippen LogP contribution is 2.60. The molecule has 54 heavy (non-hydrogen) atoms. The van der Waals surface area contributed by atoms with Crippen molar-refractivity contribution in [3.8, 4) is 11.5 Å². The van der Waals surface area contributed by atoms with Crippen LogP contribution in [0.15, 0.2) is 103 Å². The van der Waals surface area contributed by atoms with Crippen LogP contribution in [0.3, 0.4) is 0 Å². The van der Waals surface area contributed by atoms with Gasteiger partial charge >= 0.3 is 0 Å². The maximum absolute atomic E-state index is 15.1. The van der Waals surface area contributed by atoms with Gasteiger partial charge in [-0.3, -0.25) is 14.3 Å². The minimum absolute atomic E-state index is 0.0114. The van der Waals surface area contributed by atoms with Gasteiger partial charge in [0.15, 0.2) is 5.60 Å². The fourth-order valence-corrected chi connectivity index (χ4v) is 12.5. The summed E-state index contributed by atoms with van der Waals surface area (Å²) in [7, 11) is 0.946. The van der Waals surface area contributed by atoms with E-state index in [9.17, 15) is 9.90 Å². The Labute approximate surface area is 316 Å². The summed E-state index contributed by atoms with van der Waals surface area (Å²) in [5.41, 5.74) is 3.50. The molecule has 0 saturated carbocycles. The normalized spacial score (nSPS) is 20.7. The Balaban J connectivity index is 1.17. The van der Waals surface area contributed by atoms with Gasteiger partial charge in [-0.2, -0.15) is 0 Å². The van der Waals surface area contributed by atoms with Gasteiger partial charge in [0.1, 0.15) is 11.5 Å². The number of amides is 2. The molecule has 4 atom stereocenters. The number of benzene rings is 4. The molecule has 2 amide bonds. The summed E-state index contributed by atoms with van der Waals surface area (Å²) >= 11 is 0. The molecular formula is C42H47N5O6Si. The maximum atomic E-state index is 15.1. The van der Waals surface area contributed by atoms with Gasteiger partial charge in [0.05, 0.1) is 46.3 Å². The van der Waals surface area contributed by atoms with Crippen LogP contribution in [-0.2, 0) is 34.6 Å². The molecule has 280 valence electrons. The van der Waals surface area contributed by atoms with Crippen LogP contribution in [0, 0.1) is 5.92 Å². The number of nitrogens with one attached hydrogen (secondary N) is 1. The zero-order valence-corrected chi connectivity index (χ0v) is 32.4. The van der Waals surface area contributed by atoms with Gasteiger partial charge in [0.25, 0.3) is 11.8 Å². The third-order valence-electron chi connectivity index (χ3n) is 11.2. The van der Waals surface area contributed by atoms with E-state index < -0.39 is 13.7 Å². The van der Waals surface area contributed by atoms with Crippen LogP contribution in [0.2, 0.25) is 18.6 Å². The Morgan fingerprint density at radius 3 is 2.28 bits per heavy atom. The first-order valence-electron chi connectivity index (χ1n) is 18.4. The number of methoxy groups -OCH3 is 2. The number of nitrogens with zero attached hydrogens (tertiary/aromatic N) is 4. The fourth-order valence-electron chi connectivity index (χ4n) is 8.45. The van der Waals surface area contributed by atoms with Gasteiger partial charge < -0.3 is 29.5 Å². The lowest BCUT2D eigenvalue weighted by Crippen LogP contribution is -2.51. The van der Waals surface area contributed by atoms with Crippen LogP contribution in [-0.4, -0.2) is 66.9 Å². The van der Waals surface area contributed by atoms with E-state index in [1.807, 2.05) is 76.4 Å². The number of carbonyl (C=O) groups excluding carboxylic acids is 2. The van der Waals surface area contributed by atoms with Crippen molar-refractivity contribution in [2.45, 2.75) is 63.2 Å². The van der Waals surface area contributed by atoms with Crippen LogP contribution in [0.5, 0.6) is 11.5 Å². The Kier molecular flexibility index (Phi) is 10.4. The second-order valence-corrected chi connectivity index (χ2v) is 19.4. The predicted octanol–water partition coefficient (Wildman–Crippen LogP) is 5.94. The Morgan fingerprint density at radius 2 is 1.61 bits per heavy atom. The van der Waals surface area contributed by atoms with Crippen molar-refractivity contribution < 1.29 is 28.9 Å². The molecule has 2 aliphatic rings. The zero-order valence-electron chi connectivity index (χ0n) is 31.4. The van der Waals surface area contributed by atoms with E-state index in [4.69, 9.17) is 14.2 Å². The minimum atomic E-state index is -2.31. The van der Waals surface area contributed by atoms with E-state index in [0.717, 1.165) is 28.3 Å². The summed E-state index contributed by atoms with van der Waals surface area (Å²) in [5.74, 6) is 1.07. The third-order valence-corrected chi connectivity index (χ3v) is 15.6. The van der Waals surface area contributed by atoms with Crippen molar-refractivity contribution in [1.29, 1.82) is 0 Å². The lowest BCUT2D eigenvalue weighted by molar-refractivity contribution is -0.146. The quantitative estimate of drug-likeness (QED) is 0.142.